The molecule has 4 aromatic heterocycles. The monoisotopic (exact) mass is 872 g/mol. The maximum absolute atomic E-state index is 6.95. The molecule has 0 spiro atoms. The van der Waals surface area contributed by atoms with E-state index >= 15 is 0 Å². The predicted molar refractivity (Wildman–Crippen MR) is 280 cm³/mol. The first-order chi connectivity index (χ1) is 33.7. The summed E-state index contributed by atoms with van der Waals surface area (Å²) in [5.74, 6) is 0. The van der Waals surface area contributed by atoms with E-state index in [0.29, 0.717) is 0 Å². The Morgan fingerprint density at radius 1 is 0.206 bits per heavy atom. The number of furan rings is 4. The van der Waals surface area contributed by atoms with Crippen LogP contribution in [0.25, 0.3) is 109 Å². The van der Waals surface area contributed by atoms with E-state index in [4.69, 9.17) is 17.7 Å². The van der Waals surface area contributed by atoms with Crippen molar-refractivity contribution in [1.82, 2.24) is 0 Å². The molecule has 11 aromatic carbocycles. The largest absolute Gasteiger partial charge is 0.456 e. The van der Waals surface area contributed by atoms with E-state index in [1.165, 1.54) is 0 Å². The standard InChI is InChI=1S/C62H36N2O4/c1-3-15-37(16-4-1)63(39-27-29-55-47(31-39)43-21-11-13-25-53(43)65-55)51-34-59-61(45-23-9-7-19-41(45)51)49-33-50-58(36-57(49)67-59)68-60-35-52(42-20-8-10-24-46(42)62(50)60)64(38-17-5-2-6-18-38)40-28-30-56-48(32-40)44-22-12-14-26-54(44)66-56/h1-36H. The fourth-order valence-corrected chi connectivity index (χ4v) is 10.8. The van der Waals surface area contributed by atoms with Gasteiger partial charge < -0.3 is 27.5 Å². The van der Waals surface area contributed by atoms with Crippen LogP contribution in [0, 0.1) is 0 Å². The third-order valence-electron chi connectivity index (χ3n) is 13.8. The number of para-hydroxylation sites is 4. The summed E-state index contributed by atoms with van der Waals surface area (Å²) in [5, 5.41) is 13.0. The van der Waals surface area contributed by atoms with E-state index in [9.17, 15) is 0 Å². The zero-order valence-electron chi connectivity index (χ0n) is 36.3. The molecule has 0 amide bonds. The average molecular weight is 873 g/mol. The Morgan fingerprint density at radius 2 is 0.574 bits per heavy atom. The van der Waals surface area contributed by atoms with Crippen LogP contribution in [-0.2, 0) is 0 Å². The van der Waals surface area contributed by atoms with Crippen molar-refractivity contribution in [3.63, 3.8) is 0 Å². The Morgan fingerprint density at radius 3 is 1.03 bits per heavy atom. The van der Waals surface area contributed by atoms with E-state index in [1.807, 2.05) is 24.3 Å². The second-order valence-corrected chi connectivity index (χ2v) is 17.6. The summed E-state index contributed by atoms with van der Waals surface area (Å²) in [6, 6.07) is 76.5. The van der Waals surface area contributed by atoms with Crippen LogP contribution in [-0.4, -0.2) is 0 Å². The van der Waals surface area contributed by atoms with Gasteiger partial charge in [-0.05, 0) is 89.6 Å². The highest BCUT2D eigenvalue weighted by atomic mass is 16.3. The van der Waals surface area contributed by atoms with Crippen molar-refractivity contribution in [3.05, 3.63) is 218 Å². The van der Waals surface area contributed by atoms with E-state index in [1.54, 1.807) is 0 Å². The maximum Gasteiger partial charge on any atom is 0.139 e. The van der Waals surface area contributed by atoms with Crippen LogP contribution in [0.1, 0.15) is 0 Å². The third-order valence-corrected chi connectivity index (χ3v) is 13.8. The molecule has 4 heterocycles. The Bertz CT molecular complexity index is 4230. The fraction of sp³-hybridized carbons (Fsp3) is 0. The minimum atomic E-state index is 0.766. The normalized spacial score (nSPS) is 12.1. The summed E-state index contributed by atoms with van der Waals surface area (Å²) < 4.78 is 26.4. The summed E-state index contributed by atoms with van der Waals surface area (Å²) in [4.78, 5) is 4.65. The molecule has 0 N–H and O–H groups in total. The minimum absolute atomic E-state index is 0.766. The molecule has 0 saturated heterocycles. The molecular weight excluding hydrogens is 837 g/mol. The van der Waals surface area contributed by atoms with Gasteiger partial charge in [0.2, 0.25) is 0 Å². The molecule has 0 atom stereocenters. The number of nitrogens with zero attached hydrogens (tertiary/aromatic N) is 2. The number of hydrogen-bond donors (Lipinski definition) is 0. The molecule has 0 saturated carbocycles. The van der Waals surface area contributed by atoms with E-state index < -0.39 is 0 Å². The Kier molecular flexibility index (Phi) is 7.69. The summed E-state index contributed by atoms with van der Waals surface area (Å²) in [5.41, 5.74) is 12.7. The van der Waals surface area contributed by atoms with Crippen LogP contribution in [0.4, 0.5) is 34.1 Å². The van der Waals surface area contributed by atoms with Crippen LogP contribution in [0.3, 0.4) is 0 Å². The molecule has 0 bridgehead atoms. The van der Waals surface area contributed by atoms with Gasteiger partial charge in [-0.25, -0.2) is 0 Å². The van der Waals surface area contributed by atoms with Gasteiger partial charge in [-0.2, -0.15) is 0 Å². The predicted octanol–water partition coefficient (Wildman–Crippen LogP) is 18.5. The second kappa shape index (κ2) is 14.1. The van der Waals surface area contributed by atoms with Gasteiger partial charge in [0.25, 0.3) is 0 Å². The van der Waals surface area contributed by atoms with Crippen molar-refractivity contribution in [2.24, 2.45) is 0 Å². The molecular formula is C62H36N2O4. The van der Waals surface area contributed by atoms with Gasteiger partial charge in [0, 0.05) is 94.8 Å². The molecule has 6 heteroatoms. The lowest BCUT2D eigenvalue weighted by atomic mass is 9.98. The smallest absolute Gasteiger partial charge is 0.139 e. The Balaban J connectivity index is 0.944. The maximum atomic E-state index is 6.95. The summed E-state index contributed by atoms with van der Waals surface area (Å²) in [6.45, 7) is 0. The van der Waals surface area contributed by atoms with Gasteiger partial charge in [0.1, 0.15) is 44.7 Å². The number of hydrogen-bond acceptors (Lipinski definition) is 6. The third kappa shape index (κ3) is 5.40. The van der Waals surface area contributed by atoms with Crippen LogP contribution < -0.4 is 9.80 Å². The molecule has 15 aromatic rings. The van der Waals surface area contributed by atoms with Crippen molar-refractivity contribution < 1.29 is 17.7 Å². The van der Waals surface area contributed by atoms with Crippen LogP contribution in [0.15, 0.2) is 236 Å². The van der Waals surface area contributed by atoms with Gasteiger partial charge in [-0.1, -0.05) is 121 Å². The summed E-state index contributed by atoms with van der Waals surface area (Å²) in [7, 11) is 0. The lowest BCUT2D eigenvalue weighted by Crippen LogP contribution is -2.10. The average Bonchev–Trinajstić information content (AvgIpc) is 4.16. The molecule has 0 radical (unpaired) electrons. The number of rotatable bonds is 6. The lowest BCUT2D eigenvalue weighted by Gasteiger charge is -2.27. The van der Waals surface area contributed by atoms with Crippen LogP contribution in [0.5, 0.6) is 0 Å². The zero-order chi connectivity index (χ0) is 44.5. The number of fused-ring (bicyclic) bond motifs is 16. The van der Waals surface area contributed by atoms with Crippen molar-refractivity contribution in [2.45, 2.75) is 0 Å². The molecule has 0 aliphatic rings. The topological polar surface area (TPSA) is 59.0 Å². The fourth-order valence-electron chi connectivity index (χ4n) is 10.8. The Hall–Kier alpha value is -9.26. The molecule has 0 fully saturated rings. The minimum Gasteiger partial charge on any atom is -0.456 e. The van der Waals surface area contributed by atoms with E-state index in [-0.39, 0.29) is 0 Å². The van der Waals surface area contributed by atoms with Crippen molar-refractivity contribution in [1.29, 1.82) is 0 Å². The zero-order valence-corrected chi connectivity index (χ0v) is 36.3. The van der Waals surface area contributed by atoms with Crippen LogP contribution >= 0.6 is 0 Å². The quantitative estimate of drug-likeness (QED) is 0.166. The van der Waals surface area contributed by atoms with Crippen LogP contribution in [0.2, 0.25) is 0 Å². The molecule has 68 heavy (non-hydrogen) atoms. The lowest BCUT2D eigenvalue weighted by molar-refractivity contribution is 0.656. The molecule has 0 aliphatic carbocycles. The van der Waals surface area contributed by atoms with Gasteiger partial charge in [0.05, 0.1) is 11.4 Å². The van der Waals surface area contributed by atoms with Gasteiger partial charge in [-0.15, -0.1) is 0 Å². The highest BCUT2D eigenvalue weighted by molar-refractivity contribution is 6.28. The first-order valence-corrected chi connectivity index (χ1v) is 22.9. The van der Waals surface area contributed by atoms with Gasteiger partial charge >= 0.3 is 0 Å². The molecule has 0 unspecified atom stereocenters. The van der Waals surface area contributed by atoms with Crippen molar-refractivity contribution in [3.8, 4) is 0 Å². The molecule has 15 rings (SSSR count). The first-order valence-electron chi connectivity index (χ1n) is 22.9. The Labute approximate surface area is 387 Å². The summed E-state index contributed by atoms with van der Waals surface area (Å²) >= 11 is 0. The summed E-state index contributed by atoms with van der Waals surface area (Å²) in [6.07, 6.45) is 0. The van der Waals surface area contributed by atoms with E-state index in [2.05, 4.69) is 204 Å². The SMILES string of the molecule is c1ccc(N(c2ccc3oc4ccccc4c3c2)c2cc3oc4cc5oc6cc(N(c7ccccc7)c7ccc8oc9ccccc9c8c7)c7ccccc7c6c5cc4c3c3ccccc23)cc1. The second-order valence-electron chi connectivity index (χ2n) is 17.6. The van der Waals surface area contributed by atoms with Crippen molar-refractivity contribution in [2.75, 3.05) is 9.80 Å². The van der Waals surface area contributed by atoms with Crippen molar-refractivity contribution >= 4 is 143 Å². The highest BCUT2D eigenvalue weighted by Crippen LogP contribution is 2.49. The number of anilines is 6. The highest BCUT2D eigenvalue weighted by Gasteiger charge is 2.25. The molecule has 0 aliphatic heterocycles. The van der Waals surface area contributed by atoms with Gasteiger partial charge in [-0.3, -0.25) is 0 Å². The van der Waals surface area contributed by atoms with Gasteiger partial charge in [0.15, 0.2) is 0 Å². The first kappa shape index (κ1) is 37.0. The number of benzene rings is 11. The molecule has 318 valence electrons. The molecule has 6 nitrogen and oxygen atoms in total. The van der Waals surface area contributed by atoms with E-state index in [0.717, 1.165) is 143 Å².